The third-order valence-electron chi connectivity index (χ3n) is 3.48. The van der Waals surface area contributed by atoms with Crippen LogP contribution >= 0.6 is 0 Å². The van der Waals surface area contributed by atoms with Crippen molar-refractivity contribution in [2.45, 2.75) is 26.2 Å². The van der Waals surface area contributed by atoms with Crippen LogP contribution in [0.1, 0.15) is 24.0 Å². The Kier molecular flexibility index (Phi) is 3.83. The molecular formula is C14H21NO. The third kappa shape index (κ3) is 2.56. The number of nitrogens with one attached hydrogen (secondary N) is 1. The fourth-order valence-electron chi connectivity index (χ4n) is 2.52. The standard InChI is InChI=1S/C14H21NO/c1-11-5-3-7-14(16-2)13(11)9-12-6-4-8-15-10-12/h3,5,7,12,15H,4,6,8-10H2,1-2H3. The number of hydrogen-bond acceptors (Lipinski definition) is 2. The van der Waals surface area contributed by atoms with Crippen molar-refractivity contribution in [2.24, 2.45) is 5.92 Å². The summed E-state index contributed by atoms with van der Waals surface area (Å²) in [6.45, 7) is 4.51. The molecule has 1 aromatic carbocycles. The molecule has 0 aromatic heterocycles. The molecule has 0 spiro atoms. The van der Waals surface area contributed by atoms with E-state index in [-0.39, 0.29) is 0 Å². The van der Waals surface area contributed by atoms with Gasteiger partial charge in [0, 0.05) is 0 Å². The van der Waals surface area contributed by atoms with E-state index in [1.54, 1.807) is 7.11 Å². The molecule has 1 fully saturated rings. The first-order valence-electron chi connectivity index (χ1n) is 6.14. The molecular weight excluding hydrogens is 198 g/mol. The van der Waals surface area contributed by atoms with Crippen molar-refractivity contribution >= 4 is 0 Å². The van der Waals surface area contributed by atoms with E-state index in [1.165, 1.54) is 30.5 Å². The van der Waals surface area contributed by atoms with Crippen molar-refractivity contribution in [3.05, 3.63) is 29.3 Å². The van der Waals surface area contributed by atoms with Crippen molar-refractivity contribution in [1.82, 2.24) is 5.32 Å². The molecule has 16 heavy (non-hydrogen) atoms. The van der Waals surface area contributed by atoms with Crippen LogP contribution in [0.2, 0.25) is 0 Å². The molecule has 88 valence electrons. The Morgan fingerprint density at radius 2 is 2.31 bits per heavy atom. The van der Waals surface area contributed by atoms with Gasteiger partial charge in [-0.05, 0) is 62.4 Å². The van der Waals surface area contributed by atoms with Crippen LogP contribution in [0.3, 0.4) is 0 Å². The van der Waals surface area contributed by atoms with Crippen LogP contribution in [-0.2, 0) is 6.42 Å². The number of methoxy groups -OCH3 is 1. The van der Waals surface area contributed by atoms with E-state index in [9.17, 15) is 0 Å². The summed E-state index contributed by atoms with van der Waals surface area (Å²) in [6.07, 6.45) is 3.78. The summed E-state index contributed by atoms with van der Waals surface area (Å²) < 4.78 is 5.45. The fraction of sp³-hybridized carbons (Fsp3) is 0.571. The molecule has 2 rings (SSSR count). The summed E-state index contributed by atoms with van der Waals surface area (Å²) in [6, 6.07) is 6.31. The Bertz CT molecular complexity index is 343. The quantitative estimate of drug-likeness (QED) is 0.843. The van der Waals surface area contributed by atoms with Crippen molar-refractivity contribution < 1.29 is 4.74 Å². The Morgan fingerprint density at radius 3 is 3.00 bits per heavy atom. The summed E-state index contributed by atoms with van der Waals surface area (Å²) in [5.74, 6) is 1.81. The maximum Gasteiger partial charge on any atom is 0.122 e. The van der Waals surface area contributed by atoms with E-state index < -0.39 is 0 Å². The van der Waals surface area contributed by atoms with Gasteiger partial charge in [-0.15, -0.1) is 0 Å². The van der Waals surface area contributed by atoms with Gasteiger partial charge in [-0.1, -0.05) is 12.1 Å². The van der Waals surface area contributed by atoms with E-state index in [0.717, 1.165) is 24.6 Å². The fourth-order valence-corrected chi connectivity index (χ4v) is 2.52. The molecule has 1 aromatic rings. The molecule has 1 atom stereocenters. The monoisotopic (exact) mass is 219 g/mol. The smallest absolute Gasteiger partial charge is 0.122 e. The summed E-state index contributed by atoms with van der Waals surface area (Å²) in [4.78, 5) is 0. The average Bonchev–Trinajstić information content (AvgIpc) is 2.33. The van der Waals surface area contributed by atoms with Gasteiger partial charge in [0.2, 0.25) is 0 Å². The first-order chi connectivity index (χ1) is 7.81. The minimum absolute atomic E-state index is 0.767. The highest BCUT2D eigenvalue weighted by molar-refractivity contribution is 5.39. The van der Waals surface area contributed by atoms with E-state index in [1.807, 2.05) is 0 Å². The van der Waals surface area contributed by atoms with Gasteiger partial charge in [0.05, 0.1) is 7.11 Å². The highest BCUT2D eigenvalue weighted by Crippen LogP contribution is 2.26. The van der Waals surface area contributed by atoms with Crippen molar-refractivity contribution in [2.75, 3.05) is 20.2 Å². The number of piperidine rings is 1. The van der Waals surface area contributed by atoms with Crippen molar-refractivity contribution in [3.8, 4) is 5.75 Å². The van der Waals surface area contributed by atoms with E-state index in [2.05, 4.69) is 30.4 Å². The number of hydrogen-bond donors (Lipinski definition) is 1. The van der Waals surface area contributed by atoms with Crippen LogP contribution in [0.25, 0.3) is 0 Å². The topological polar surface area (TPSA) is 21.3 Å². The van der Waals surface area contributed by atoms with Crippen LogP contribution in [-0.4, -0.2) is 20.2 Å². The molecule has 1 N–H and O–H groups in total. The molecule has 2 heteroatoms. The lowest BCUT2D eigenvalue weighted by atomic mass is 9.90. The molecule has 0 radical (unpaired) electrons. The first-order valence-corrected chi connectivity index (χ1v) is 6.14. The van der Waals surface area contributed by atoms with E-state index in [4.69, 9.17) is 4.74 Å². The van der Waals surface area contributed by atoms with Crippen LogP contribution in [0.5, 0.6) is 5.75 Å². The predicted molar refractivity (Wildman–Crippen MR) is 67.0 cm³/mol. The second kappa shape index (κ2) is 5.35. The average molecular weight is 219 g/mol. The normalized spacial score (nSPS) is 20.8. The highest BCUT2D eigenvalue weighted by Gasteiger charge is 2.16. The molecule has 1 heterocycles. The summed E-state index contributed by atoms with van der Waals surface area (Å²) in [5.41, 5.74) is 2.74. The van der Waals surface area contributed by atoms with Gasteiger partial charge in [-0.2, -0.15) is 0 Å². The van der Waals surface area contributed by atoms with Gasteiger partial charge in [0.1, 0.15) is 5.75 Å². The lowest BCUT2D eigenvalue weighted by Gasteiger charge is -2.24. The summed E-state index contributed by atoms with van der Waals surface area (Å²) >= 11 is 0. The van der Waals surface area contributed by atoms with Crippen LogP contribution in [0.4, 0.5) is 0 Å². The summed E-state index contributed by atoms with van der Waals surface area (Å²) in [7, 11) is 1.76. The van der Waals surface area contributed by atoms with Crippen LogP contribution in [0.15, 0.2) is 18.2 Å². The second-order valence-corrected chi connectivity index (χ2v) is 4.67. The lowest BCUT2D eigenvalue weighted by Crippen LogP contribution is -2.31. The van der Waals surface area contributed by atoms with E-state index in [0.29, 0.717) is 0 Å². The number of ether oxygens (including phenoxy) is 1. The van der Waals surface area contributed by atoms with Crippen LogP contribution in [0, 0.1) is 12.8 Å². The summed E-state index contributed by atoms with van der Waals surface area (Å²) in [5, 5.41) is 3.47. The predicted octanol–water partition coefficient (Wildman–Crippen LogP) is 2.55. The molecule has 0 aliphatic carbocycles. The highest BCUT2D eigenvalue weighted by atomic mass is 16.5. The molecule has 0 bridgehead atoms. The molecule has 0 amide bonds. The number of rotatable bonds is 3. The zero-order valence-electron chi connectivity index (χ0n) is 10.3. The Morgan fingerprint density at radius 1 is 1.44 bits per heavy atom. The Balaban J connectivity index is 2.12. The zero-order valence-corrected chi connectivity index (χ0v) is 10.3. The zero-order chi connectivity index (χ0) is 11.4. The lowest BCUT2D eigenvalue weighted by molar-refractivity contribution is 0.363. The van der Waals surface area contributed by atoms with Gasteiger partial charge >= 0.3 is 0 Å². The molecule has 1 aliphatic rings. The SMILES string of the molecule is COc1cccc(C)c1CC1CCCNC1. The largest absolute Gasteiger partial charge is 0.496 e. The molecule has 1 saturated heterocycles. The van der Waals surface area contributed by atoms with Crippen molar-refractivity contribution in [1.29, 1.82) is 0 Å². The van der Waals surface area contributed by atoms with Gasteiger partial charge in [0.15, 0.2) is 0 Å². The van der Waals surface area contributed by atoms with Gasteiger partial charge < -0.3 is 10.1 Å². The first kappa shape index (κ1) is 11.5. The molecule has 2 nitrogen and oxygen atoms in total. The molecule has 1 aliphatic heterocycles. The molecule has 0 saturated carbocycles. The van der Waals surface area contributed by atoms with Gasteiger partial charge in [0.25, 0.3) is 0 Å². The Labute approximate surface area is 98.0 Å². The second-order valence-electron chi connectivity index (χ2n) is 4.67. The maximum atomic E-state index is 5.45. The number of benzene rings is 1. The van der Waals surface area contributed by atoms with Crippen LogP contribution < -0.4 is 10.1 Å². The van der Waals surface area contributed by atoms with E-state index >= 15 is 0 Å². The van der Waals surface area contributed by atoms with Gasteiger partial charge in [-0.3, -0.25) is 0 Å². The van der Waals surface area contributed by atoms with Gasteiger partial charge in [-0.25, -0.2) is 0 Å². The third-order valence-corrected chi connectivity index (χ3v) is 3.48. The Hall–Kier alpha value is -1.02. The minimum Gasteiger partial charge on any atom is -0.496 e. The maximum absolute atomic E-state index is 5.45. The molecule has 1 unspecified atom stereocenters. The van der Waals surface area contributed by atoms with Crippen molar-refractivity contribution in [3.63, 3.8) is 0 Å². The number of aryl methyl sites for hydroxylation is 1. The minimum atomic E-state index is 0.767.